The fourth-order valence-corrected chi connectivity index (χ4v) is 2.32. The van der Waals surface area contributed by atoms with E-state index in [0.717, 1.165) is 41.7 Å². The van der Waals surface area contributed by atoms with Crippen LogP contribution in [0.4, 0.5) is 5.82 Å². The number of anilines is 1. The molecule has 1 aromatic rings. The Kier molecular flexibility index (Phi) is 3.24. The smallest absolute Gasteiger partial charge is 0.133 e. The zero-order valence-electron chi connectivity index (χ0n) is 9.20. The molecule has 0 radical (unpaired) electrons. The molecule has 1 saturated heterocycles. The molecule has 82 valence electrons. The highest BCUT2D eigenvalue weighted by Crippen LogP contribution is 2.23. The first-order chi connectivity index (χ1) is 7.19. The van der Waals surface area contributed by atoms with Gasteiger partial charge in [-0.15, -0.1) is 0 Å². The van der Waals surface area contributed by atoms with Crippen molar-refractivity contribution in [2.75, 3.05) is 18.0 Å². The van der Waals surface area contributed by atoms with Gasteiger partial charge in [-0.3, -0.25) is 0 Å². The third-order valence-electron chi connectivity index (χ3n) is 2.79. The Hall–Kier alpha value is -0.640. The molecule has 0 spiro atoms. The van der Waals surface area contributed by atoms with E-state index in [-0.39, 0.29) is 0 Å². The van der Waals surface area contributed by atoms with E-state index < -0.39 is 0 Å². The van der Waals surface area contributed by atoms with Crippen molar-refractivity contribution in [2.45, 2.75) is 26.7 Å². The van der Waals surface area contributed by atoms with Crippen LogP contribution in [0.15, 0.2) is 10.7 Å². The number of aromatic nitrogens is 2. The predicted octanol–water partition coefficient (Wildman–Crippen LogP) is 2.65. The Morgan fingerprint density at radius 2 is 2.33 bits per heavy atom. The van der Waals surface area contributed by atoms with Crippen molar-refractivity contribution in [3.63, 3.8) is 0 Å². The van der Waals surface area contributed by atoms with Crippen molar-refractivity contribution >= 4 is 21.7 Å². The standard InChI is InChI=1S/C11H16BrN3/c1-3-10-13-9(12)6-11(14-10)15-5-4-8(2)7-15/h6,8H,3-5,7H2,1-2H3. The number of nitrogens with zero attached hydrogens (tertiary/aromatic N) is 3. The van der Waals surface area contributed by atoms with E-state index in [1.165, 1.54) is 6.42 Å². The van der Waals surface area contributed by atoms with Gasteiger partial charge in [-0.05, 0) is 28.3 Å². The van der Waals surface area contributed by atoms with E-state index in [2.05, 4.69) is 44.6 Å². The van der Waals surface area contributed by atoms with Gasteiger partial charge in [0, 0.05) is 25.6 Å². The van der Waals surface area contributed by atoms with Crippen molar-refractivity contribution in [3.8, 4) is 0 Å². The fourth-order valence-electron chi connectivity index (χ4n) is 1.91. The number of rotatable bonds is 2. The molecule has 1 atom stereocenters. The van der Waals surface area contributed by atoms with E-state index in [4.69, 9.17) is 0 Å². The Morgan fingerprint density at radius 1 is 1.53 bits per heavy atom. The summed E-state index contributed by atoms with van der Waals surface area (Å²) >= 11 is 3.44. The Morgan fingerprint density at radius 3 is 2.93 bits per heavy atom. The van der Waals surface area contributed by atoms with Crippen molar-refractivity contribution in [1.29, 1.82) is 0 Å². The molecule has 0 aliphatic carbocycles. The largest absolute Gasteiger partial charge is 0.356 e. The average molecular weight is 270 g/mol. The zero-order valence-corrected chi connectivity index (χ0v) is 10.8. The first-order valence-corrected chi connectivity index (χ1v) is 6.26. The quantitative estimate of drug-likeness (QED) is 0.774. The van der Waals surface area contributed by atoms with Gasteiger partial charge in [-0.25, -0.2) is 9.97 Å². The van der Waals surface area contributed by atoms with Crippen LogP contribution >= 0.6 is 15.9 Å². The molecule has 1 aliphatic rings. The fraction of sp³-hybridized carbons (Fsp3) is 0.636. The zero-order chi connectivity index (χ0) is 10.8. The van der Waals surface area contributed by atoms with Crippen LogP contribution in [0, 0.1) is 5.92 Å². The topological polar surface area (TPSA) is 29.0 Å². The lowest BCUT2D eigenvalue weighted by atomic mass is 10.2. The minimum absolute atomic E-state index is 0.781. The minimum atomic E-state index is 0.781. The van der Waals surface area contributed by atoms with Crippen LogP contribution in [-0.2, 0) is 6.42 Å². The molecule has 0 aromatic carbocycles. The molecule has 0 saturated carbocycles. The maximum atomic E-state index is 4.55. The second-order valence-corrected chi connectivity index (χ2v) is 4.97. The first kappa shape index (κ1) is 10.9. The van der Waals surface area contributed by atoms with Gasteiger partial charge in [0.05, 0.1) is 0 Å². The molecule has 1 aromatic heterocycles. The second kappa shape index (κ2) is 4.47. The summed E-state index contributed by atoms with van der Waals surface area (Å²) < 4.78 is 0.893. The molecule has 0 amide bonds. The van der Waals surface area contributed by atoms with Crippen LogP contribution in [-0.4, -0.2) is 23.1 Å². The maximum Gasteiger partial charge on any atom is 0.133 e. The molecule has 0 N–H and O–H groups in total. The molecule has 1 unspecified atom stereocenters. The summed E-state index contributed by atoms with van der Waals surface area (Å²) in [6.07, 6.45) is 2.15. The van der Waals surface area contributed by atoms with Gasteiger partial charge >= 0.3 is 0 Å². The van der Waals surface area contributed by atoms with Crippen LogP contribution in [0.1, 0.15) is 26.1 Å². The van der Waals surface area contributed by atoms with Gasteiger partial charge in [0.1, 0.15) is 16.2 Å². The van der Waals surface area contributed by atoms with Crippen LogP contribution < -0.4 is 4.90 Å². The number of aryl methyl sites for hydroxylation is 1. The van der Waals surface area contributed by atoms with Crippen molar-refractivity contribution in [1.82, 2.24) is 9.97 Å². The number of hydrogen-bond donors (Lipinski definition) is 0. The van der Waals surface area contributed by atoms with E-state index in [9.17, 15) is 0 Å². The summed E-state index contributed by atoms with van der Waals surface area (Å²) in [5, 5.41) is 0. The monoisotopic (exact) mass is 269 g/mol. The molecule has 15 heavy (non-hydrogen) atoms. The first-order valence-electron chi connectivity index (χ1n) is 5.47. The molecule has 0 bridgehead atoms. The highest BCUT2D eigenvalue weighted by Gasteiger charge is 2.20. The molecule has 1 aliphatic heterocycles. The van der Waals surface area contributed by atoms with Gasteiger partial charge in [0.25, 0.3) is 0 Å². The normalized spacial score (nSPS) is 21.0. The Balaban J connectivity index is 2.24. The Labute approximate surface area is 99.0 Å². The van der Waals surface area contributed by atoms with Crippen molar-refractivity contribution in [2.24, 2.45) is 5.92 Å². The van der Waals surface area contributed by atoms with Crippen molar-refractivity contribution < 1.29 is 0 Å². The lowest BCUT2D eigenvalue weighted by Gasteiger charge is -2.17. The summed E-state index contributed by atoms with van der Waals surface area (Å²) in [5.74, 6) is 2.76. The lowest BCUT2D eigenvalue weighted by Crippen LogP contribution is -2.21. The lowest BCUT2D eigenvalue weighted by molar-refractivity contribution is 0.658. The predicted molar refractivity (Wildman–Crippen MR) is 65.1 cm³/mol. The molecule has 2 rings (SSSR count). The summed E-state index contributed by atoms with van der Waals surface area (Å²) in [4.78, 5) is 11.2. The van der Waals surface area contributed by atoms with Gasteiger partial charge in [0.15, 0.2) is 0 Å². The molecular weight excluding hydrogens is 254 g/mol. The third-order valence-corrected chi connectivity index (χ3v) is 3.20. The average Bonchev–Trinajstić information content (AvgIpc) is 2.64. The van der Waals surface area contributed by atoms with Gasteiger partial charge in [-0.2, -0.15) is 0 Å². The third kappa shape index (κ3) is 2.48. The van der Waals surface area contributed by atoms with Crippen LogP contribution in [0.2, 0.25) is 0 Å². The molecular formula is C11H16BrN3. The van der Waals surface area contributed by atoms with Gasteiger partial charge in [-0.1, -0.05) is 13.8 Å². The van der Waals surface area contributed by atoms with Crippen LogP contribution in [0.3, 0.4) is 0 Å². The molecule has 1 fully saturated rings. The van der Waals surface area contributed by atoms with Gasteiger partial charge in [0.2, 0.25) is 0 Å². The Bertz CT molecular complexity index is 354. The second-order valence-electron chi connectivity index (χ2n) is 4.16. The highest BCUT2D eigenvalue weighted by molar-refractivity contribution is 9.10. The molecule has 2 heterocycles. The van der Waals surface area contributed by atoms with Crippen molar-refractivity contribution in [3.05, 3.63) is 16.5 Å². The summed E-state index contributed by atoms with van der Waals surface area (Å²) in [6, 6.07) is 2.01. The number of hydrogen-bond acceptors (Lipinski definition) is 3. The van der Waals surface area contributed by atoms with E-state index in [0.29, 0.717) is 0 Å². The maximum absolute atomic E-state index is 4.55. The van der Waals surface area contributed by atoms with Gasteiger partial charge < -0.3 is 4.90 Å². The summed E-state index contributed by atoms with van der Waals surface area (Å²) in [6.45, 7) is 6.61. The highest BCUT2D eigenvalue weighted by atomic mass is 79.9. The van der Waals surface area contributed by atoms with Crippen LogP contribution in [0.5, 0.6) is 0 Å². The van der Waals surface area contributed by atoms with E-state index in [1.54, 1.807) is 0 Å². The van der Waals surface area contributed by atoms with E-state index >= 15 is 0 Å². The van der Waals surface area contributed by atoms with E-state index in [1.807, 2.05) is 6.07 Å². The molecule has 3 nitrogen and oxygen atoms in total. The summed E-state index contributed by atoms with van der Waals surface area (Å²) in [5.41, 5.74) is 0. The molecule has 4 heteroatoms. The summed E-state index contributed by atoms with van der Waals surface area (Å²) in [7, 11) is 0. The van der Waals surface area contributed by atoms with Crippen LogP contribution in [0.25, 0.3) is 0 Å². The SMILES string of the molecule is CCc1nc(Br)cc(N2CCC(C)C2)n1. The number of halogens is 1. The minimum Gasteiger partial charge on any atom is -0.356 e.